The third-order valence-electron chi connectivity index (χ3n) is 11.1. The molecule has 1 saturated heterocycles. The summed E-state index contributed by atoms with van der Waals surface area (Å²) in [6, 6.07) is 10.7. The SMILES string of the molecule is O=CN(CC(=O)N(Cc1ccc(F)cc1)CC(F)(F)F)C(=O)N[C@H]1C[C@@H](F)c2cc(-c3cnn(CC(=O)NCCOCCNc4cccc5c4C(=O)N(C4CCC(=O)NC4=O)C5=O)c3)ccc21. The molecule has 1 aliphatic carbocycles. The van der Waals surface area contributed by atoms with Gasteiger partial charge in [-0.1, -0.05) is 30.3 Å². The van der Waals surface area contributed by atoms with Crippen LogP contribution in [0.1, 0.15) is 68.9 Å². The highest BCUT2D eigenvalue weighted by atomic mass is 19.4. The average molecular weight is 936 g/mol. The van der Waals surface area contributed by atoms with Gasteiger partial charge in [-0.15, -0.1) is 0 Å². The van der Waals surface area contributed by atoms with Crippen LogP contribution in [0.5, 0.6) is 0 Å². The van der Waals surface area contributed by atoms with Gasteiger partial charge in [0.2, 0.25) is 30.0 Å². The first kappa shape index (κ1) is 47.4. The van der Waals surface area contributed by atoms with Gasteiger partial charge in [0.1, 0.15) is 37.7 Å². The third-order valence-corrected chi connectivity index (χ3v) is 11.1. The number of anilines is 1. The lowest BCUT2D eigenvalue weighted by Gasteiger charge is -2.27. The number of hydrogen-bond donors (Lipinski definition) is 4. The van der Waals surface area contributed by atoms with E-state index in [4.69, 9.17) is 4.74 Å². The van der Waals surface area contributed by atoms with Crippen molar-refractivity contribution in [3.63, 3.8) is 0 Å². The average Bonchev–Trinajstić information content (AvgIpc) is 3.95. The first-order chi connectivity index (χ1) is 32.0. The Morgan fingerprint density at radius 2 is 1.72 bits per heavy atom. The van der Waals surface area contributed by atoms with Crippen LogP contribution in [0.25, 0.3) is 11.1 Å². The molecule has 3 aromatic carbocycles. The lowest BCUT2D eigenvalue weighted by molar-refractivity contribution is -0.162. The van der Waals surface area contributed by atoms with Crippen LogP contribution >= 0.6 is 0 Å². The van der Waals surface area contributed by atoms with Crippen LogP contribution < -0.4 is 21.3 Å². The van der Waals surface area contributed by atoms with E-state index in [1.54, 1.807) is 36.5 Å². The zero-order valence-electron chi connectivity index (χ0n) is 35.3. The van der Waals surface area contributed by atoms with E-state index in [2.05, 4.69) is 26.4 Å². The van der Waals surface area contributed by atoms with E-state index < -0.39 is 85.5 Å². The summed E-state index contributed by atoms with van der Waals surface area (Å²) in [5.74, 6) is -4.68. The van der Waals surface area contributed by atoms with Crippen molar-refractivity contribution >= 4 is 53.6 Å². The Morgan fingerprint density at radius 1 is 0.955 bits per heavy atom. The zero-order valence-corrected chi connectivity index (χ0v) is 35.3. The van der Waals surface area contributed by atoms with Gasteiger partial charge in [-0.2, -0.15) is 18.3 Å². The van der Waals surface area contributed by atoms with E-state index in [1.165, 1.54) is 29.1 Å². The van der Waals surface area contributed by atoms with Crippen LogP contribution in [0.3, 0.4) is 0 Å². The molecular formula is C44H42F5N9O9. The van der Waals surface area contributed by atoms with Crippen molar-refractivity contribution in [3.8, 4) is 11.1 Å². The third kappa shape index (κ3) is 11.3. The molecule has 1 fully saturated rings. The van der Waals surface area contributed by atoms with Gasteiger partial charge >= 0.3 is 12.2 Å². The highest BCUT2D eigenvalue weighted by molar-refractivity contribution is 6.25. The second-order valence-corrected chi connectivity index (χ2v) is 15.8. The number of aromatic nitrogens is 2. The molecule has 0 saturated carbocycles. The molecule has 0 bridgehead atoms. The summed E-state index contributed by atoms with van der Waals surface area (Å²) < 4.78 is 75.7. The maximum atomic E-state index is 15.4. The Morgan fingerprint density at radius 3 is 2.45 bits per heavy atom. The number of nitrogens with one attached hydrogen (secondary N) is 4. The Labute approximate surface area is 377 Å². The predicted molar refractivity (Wildman–Crippen MR) is 223 cm³/mol. The van der Waals surface area contributed by atoms with Crippen LogP contribution in [0, 0.1) is 5.82 Å². The Balaban J connectivity index is 0.850. The minimum absolute atomic E-state index is 0.00242. The molecule has 7 rings (SSSR count). The molecule has 352 valence electrons. The van der Waals surface area contributed by atoms with Gasteiger partial charge in [0.15, 0.2) is 0 Å². The summed E-state index contributed by atoms with van der Waals surface area (Å²) in [6.07, 6.45) is -3.55. The highest BCUT2D eigenvalue weighted by Gasteiger charge is 2.45. The maximum absolute atomic E-state index is 15.4. The largest absolute Gasteiger partial charge is 0.406 e. The molecule has 67 heavy (non-hydrogen) atoms. The topological polar surface area (TPSA) is 221 Å². The van der Waals surface area contributed by atoms with Crippen molar-refractivity contribution in [1.82, 2.24) is 40.4 Å². The molecule has 3 heterocycles. The van der Waals surface area contributed by atoms with Crippen LogP contribution in [-0.4, -0.2) is 124 Å². The minimum Gasteiger partial charge on any atom is -0.382 e. The molecule has 9 amide bonds. The van der Waals surface area contributed by atoms with Gasteiger partial charge in [-0.05, 0) is 59.0 Å². The van der Waals surface area contributed by atoms with Crippen molar-refractivity contribution in [2.75, 3.05) is 44.7 Å². The van der Waals surface area contributed by atoms with Crippen LogP contribution in [-0.2, 0) is 41.8 Å². The fourth-order valence-corrected chi connectivity index (χ4v) is 7.92. The van der Waals surface area contributed by atoms with Gasteiger partial charge in [-0.3, -0.25) is 53.4 Å². The minimum atomic E-state index is -4.82. The Hall–Kier alpha value is -7.56. The molecule has 1 unspecified atom stereocenters. The number of ether oxygens (including phenoxy) is 1. The van der Waals surface area contributed by atoms with Gasteiger partial charge in [-0.25, -0.2) is 13.6 Å². The number of amides is 9. The number of halogens is 5. The van der Waals surface area contributed by atoms with E-state index in [9.17, 15) is 55.9 Å². The monoisotopic (exact) mass is 935 g/mol. The van der Waals surface area contributed by atoms with E-state index in [0.29, 0.717) is 32.2 Å². The highest BCUT2D eigenvalue weighted by Crippen LogP contribution is 2.43. The molecule has 18 nitrogen and oxygen atoms in total. The number of benzene rings is 3. The first-order valence-corrected chi connectivity index (χ1v) is 20.8. The number of rotatable bonds is 18. The summed E-state index contributed by atoms with van der Waals surface area (Å²) in [5.41, 5.74) is 2.47. The lowest BCUT2D eigenvalue weighted by Crippen LogP contribution is -2.54. The second-order valence-electron chi connectivity index (χ2n) is 15.8. The zero-order chi connectivity index (χ0) is 48.0. The van der Waals surface area contributed by atoms with Crippen LogP contribution in [0.2, 0.25) is 0 Å². The number of carbonyl (C=O) groups excluding carboxylic acids is 8. The molecule has 0 radical (unpaired) electrons. The predicted octanol–water partition coefficient (Wildman–Crippen LogP) is 3.55. The molecule has 1 aromatic heterocycles. The van der Waals surface area contributed by atoms with Crippen molar-refractivity contribution in [3.05, 3.63) is 107 Å². The maximum Gasteiger partial charge on any atom is 0.406 e. The number of alkyl halides is 4. The number of urea groups is 1. The number of fused-ring (bicyclic) bond motifs is 2. The van der Waals surface area contributed by atoms with E-state index in [1.807, 2.05) is 0 Å². The first-order valence-electron chi connectivity index (χ1n) is 20.8. The number of nitrogens with zero attached hydrogens (tertiary/aromatic N) is 5. The van der Waals surface area contributed by atoms with E-state index in [-0.39, 0.29) is 86.7 Å². The summed E-state index contributed by atoms with van der Waals surface area (Å²) in [7, 11) is 0. The van der Waals surface area contributed by atoms with E-state index >= 15 is 4.39 Å². The molecule has 3 aliphatic rings. The Kier molecular flexibility index (Phi) is 14.4. The smallest absolute Gasteiger partial charge is 0.382 e. The standard InChI is InChI=1S/C44H42F5N9O9/c45-28-7-4-25(5-8-28)19-55(23-44(47,48)49)38(62)22-56(24-59)43(66)53-34-17-32(46)31-16-26(6-9-29(31)34)27-18-52-57(20-27)21-37(61)51-13-15-67-14-12-50-33-3-1-2-30-39(33)42(65)58(41(30)64)35-10-11-36(60)54-40(35)63/h1-9,16,18,20,24,32,34-35,50H,10-15,17,19,21-23H2,(H,51,61)(H,53,66)(H,54,60,63)/t32-,34+,35?/m1/s1. The summed E-state index contributed by atoms with van der Waals surface area (Å²) in [6.45, 7) is -2.80. The van der Waals surface area contributed by atoms with Gasteiger partial charge in [0.05, 0.1) is 36.6 Å². The van der Waals surface area contributed by atoms with Crippen molar-refractivity contribution < 1.29 is 65.0 Å². The lowest BCUT2D eigenvalue weighted by atomic mass is 10.0. The second kappa shape index (κ2) is 20.3. The molecule has 0 spiro atoms. The molecule has 4 N–H and O–H groups in total. The summed E-state index contributed by atoms with van der Waals surface area (Å²) in [4.78, 5) is 102. The Bertz CT molecular complexity index is 2590. The number of imide groups is 3. The number of hydrogen-bond acceptors (Lipinski definition) is 11. The van der Waals surface area contributed by atoms with Crippen molar-refractivity contribution in [2.45, 2.75) is 56.8 Å². The molecule has 23 heteroatoms. The van der Waals surface area contributed by atoms with Crippen LogP contribution in [0.15, 0.2) is 73.1 Å². The molecule has 2 aliphatic heterocycles. The normalized spacial score (nSPS) is 17.7. The van der Waals surface area contributed by atoms with Crippen LogP contribution in [0.4, 0.5) is 32.4 Å². The summed E-state index contributed by atoms with van der Waals surface area (Å²) >= 11 is 0. The number of carbonyl (C=O) groups is 8. The number of piperidine rings is 1. The van der Waals surface area contributed by atoms with E-state index in [0.717, 1.165) is 17.0 Å². The van der Waals surface area contributed by atoms with Crippen molar-refractivity contribution in [2.24, 2.45) is 0 Å². The van der Waals surface area contributed by atoms with Crippen molar-refractivity contribution in [1.29, 1.82) is 0 Å². The summed E-state index contributed by atoms with van der Waals surface area (Å²) in [5, 5.41) is 14.6. The molecule has 4 aromatic rings. The fourth-order valence-electron chi connectivity index (χ4n) is 7.92. The van der Waals surface area contributed by atoms with Gasteiger partial charge < -0.3 is 25.6 Å². The fraction of sp³-hybridized carbons (Fsp3) is 0.341. The molecular weight excluding hydrogens is 894 g/mol. The van der Waals surface area contributed by atoms with Gasteiger partial charge in [0.25, 0.3) is 11.8 Å². The molecule has 3 atom stereocenters. The quantitative estimate of drug-likeness (QED) is 0.0489. The van der Waals surface area contributed by atoms with Gasteiger partial charge in [0, 0.05) is 49.9 Å².